The summed E-state index contributed by atoms with van der Waals surface area (Å²) in [5, 5.41) is 17.0. The van der Waals surface area contributed by atoms with E-state index in [2.05, 4.69) is 10.4 Å². The molecule has 0 saturated carbocycles. The van der Waals surface area contributed by atoms with E-state index in [1.165, 1.54) is 6.20 Å². The summed E-state index contributed by atoms with van der Waals surface area (Å²) in [4.78, 5) is 24.1. The molecule has 0 bridgehead atoms. The van der Waals surface area contributed by atoms with Gasteiger partial charge in [0.2, 0.25) is 0 Å². The van der Waals surface area contributed by atoms with Gasteiger partial charge < -0.3 is 10.4 Å². The average molecular weight is 366 g/mol. The number of carboxylic acid groups (broad SMARTS) is 1. The van der Waals surface area contributed by atoms with Crippen LogP contribution in [0.4, 0.5) is 0 Å². The standard InChI is InChI=1S/C16H16ClN3O3S/c17-12-1-3-13(4-2-12)20-10-11(9-18-20)14(21)19-16(15(22)23)5-7-24-8-6-16/h1-4,9-10H,5-8H2,(H,19,21)(H,22,23). The van der Waals surface area contributed by atoms with Gasteiger partial charge >= 0.3 is 5.97 Å². The largest absolute Gasteiger partial charge is 0.480 e. The molecule has 3 rings (SSSR count). The third-order valence-electron chi connectivity index (χ3n) is 4.04. The van der Waals surface area contributed by atoms with Crippen LogP contribution < -0.4 is 5.32 Å². The first-order chi connectivity index (χ1) is 11.5. The Labute approximate surface area is 148 Å². The second kappa shape index (κ2) is 6.86. The molecule has 24 heavy (non-hydrogen) atoms. The number of amides is 1. The maximum absolute atomic E-state index is 12.5. The minimum Gasteiger partial charge on any atom is -0.480 e. The van der Waals surface area contributed by atoms with E-state index in [0.717, 1.165) is 17.2 Å². The number of carboxylic acids is 1. The summed E-state index contributed by atoms with van der Waals surface area (Å²) in [5.41, 5.74) is -0.102. The van der Waals surface area contributed by atoms with Crippen molar-refractivity contribution in [2.45, 2.75) is 18.4 Å². The molecule has 0 spiro atoms. The molecule has 1 aliphatic rings. The molecule has 6 nitrogen and oxygen atoms in total. The number of benzene rings is 1. The average Bonchev–Trinajstić information content (AvgIpc) is 3.06. The van der Waals surface area contributed by atoms with E-state index in [1.807, 2.05) is 0 Å². The Hall–Kier alpha value is -1.99. The maximum Gasteiger partial charge on any atom is 0.329 e. The normalized spacial score (nSPS) is 16.5. The third-order valence-corrected chi connectivity index (χ3v) is 5.28. The Balaban J connectivity index is 1.78. The lowest BCUT2D eigenvalue weighted by atomic mass is 9.92. The van der Waals surface area contributed by atoms with Crippen molar-refractivity contribution in [3.8, 4) is 5.69 Å². The van der Waals surface area contributed by atoms with E-state index < -0.39 is 17.4 Å². The number of carbonyl (C=O) groups excluding carboxylic acids is 1. The van der Waals surface area contributed by atoms with E-state index in [-0.39, 0.29) is 0 Å². The highest BCUT2D eigenvalue weighted by Gasteiger charge is 2.41. The van der Waals surface area contributed by atoms with Gasteiger partial charge in [0.25, 0.3) is 5.91 Å². The van der Waals surface area contributed by atoms with Crippen molar-refractivity contribution in [1.82, 2.24) is 15.1 Å². The molecule has 2 N–H and O–H groups in total. The van der Waals surface area contributed by atoms with Crippen LogP contribution in [0.3, 0.4) is 0 Å². The minimum atomic E-state index is -1.19. The molecule has 0 aliphatic carbocycles. The summed E-state index contributed by atoms with van der Waals surface area (Å²) in [6, 6.07) is 7.04. The molecule has 1 amide bonds. The molecule has 2 aromatic rings. The predicted octanol–water partition coefficient (Wildman–Crippen LogP) is 2.61. The van der Waals surface area contributed by atoms with Crippen molar-refractivity contribution in [3.05, 3.63) is 47.2 Å². The van der Waals surface area contributed by atoms with Crippen molar-refractivity contribution in [3.63, 3.8) is 0 Å². The smallest absolute Gasteiger partial charge is 0.329 e. The van der Waals surface area contributed by atoms with Crippen LogP contribution in [0.25, 0.3) is 5.69 Å². The molecule has 1 aliphatic heterocycles. The van der Waals surface area contributed by atoms with Gasteiger partial charge in [-0.1, -0.05) is 11.6 Å². The van der Waals surface area contributed by atoms with E-state index >= 15 is 0 Å². The van der Waals surface area contributed by atoms with Gasteiger partial charge in [0.15, 0.2) is 0 Å². The molecular weight excluding hydrogens is 350 g/mol. The SMILES string of the molecule is O=C(NC1(C(=O)O)CCSCC1)c1cnn(-c2ccc(Cl)cc2)c1. The Morgan fingerprint density at radius 1 is 1.25 bits per heavy atom. The summed E-state index contributed by atoms with van der Waals surface area (Å²) < 4.78 is 1.55. The van der Waals surface area contributed by atoms with E-state index in [1.54, 1.807) is 46.9 Å². The highest BCUT2D eigenvalue weighted by atomic mass is 35.5. The molecule has 1 fully saturated rings. The van der Waals surface area contributed by atoms with Gasteiger partial charge in [-0.05, 0) is 48.6 Å². The minimum absolute atomic E-state index is 0.323. The quantitative estimate of drug-likeness (QED) is 0.870. The van der Waals surface area contributed by atoms with Crippen LogP contribution in [0.15, 0.2) is 36.7 Å². The Bertz CT molecular complexity index is 754. The van der Waals surface area contributed by atoms with Gasteiger partial charge in [-0.3, -0.25) is 4.79 Å². The summed E-state index contributed by atoms with van der Waals surface area (Å²) >= 11 is 7.56. The first-order valence-corrected chi connectivity index (χ1v) is 8.98. The number of halogens is 1. The Morgan fingerprint density at radius 3 is 2.54 bits per heavy atom. The lowest BCUT2D eigenvalue weighted by Gasteiger charge is -2.33. The monoisotopic (exact) mass is 365 g/mol. The third kappa shape index (κ3) is 3.42. The Kier molecular flexibility index (Phi) is 4.82. The molecule has 1 aromatic carbocycles. The van der Waals surface area contributed by atoms with Crippen LogP contribution in [0, 0.1) is 0 Å². The lowest BCUT2D eigenvalue weighted by Crippen LogP contribution is -2.56. The maximum atomic E-state index is 12.5. The van der Waals surface area contributed by atoms with Gasteiger partial charge in [0.05, 0.1) is 17.4 Å². The van der Waals surface area contributed by atoms with Gasteiger partial charge in [-0.2, -0.15) is 16.9 Å². The van der Waals surface area contributed by atoms with Crippen molar-refractivity contribution in [2.24, 2.45) is 0 Å². The fraction of sp³-hybridized carbons (Fsp3) is 0.312. The number of nitrogens with zero attached hydrogens (tertiary/aromatic N) is 2. The molecule has 126 valence electrons. The van der Waals surface area contributed by atoms with Crippen LogP contribution in [-0.4, -0.2) is 43.8 Å². The lowest BCUT2D eigenvalue weighted by molar-refractivity contribution is -0.144. The highest BCUT2D eigenvalue weighted by Crippen LogP contribution is 2.27. The van der Waals surface area contributed by atoms with Crippen molar-refractivity contribution < 1.29 is 14.7 Å². The second-order valence-electron chi connectivity index (χ2n) is 5.60. The number of hydrogen-bond donors (Lipinski definition) is 2. The predicted molar refractivity (Wildman–Crippen MR) is 93.0 cm³/mol. The molecule has 0 atom stereocenters. The van der Waals surface area contributed by atoms with Crippen LogP contribution >= 0.6 is 23.4 Å². The zero-order valence-corrected chi connectivity index (χ0v) is 14.3. The van der Waals surface area contributed by atoms with Gasteiger partial charge in [-0.25, -0.2) is 9.48 Å². The number of carbonyl (C=O) groups is 2. The molecular formula is C16H16ClN3O3S. The van der Waals surface area contributed by atoms with Gasteiger partial charge in [0.1, 0.15) is 5.54 Å². The number of hydrogen-bond acceptors (Lipinski definition) is 4. The number of aromatic nitrogens is 2. The van der Waals surface area contributed by atoms with Crippen molar-refractivity contribution in [2.75, 3.05) is 11.5 Å². The fourth-order valence-corrected chi connectivity index (χ4v) is 3.89. The molecule has 2 heterocycles. The molecule has 0 unspecified atom stereocenters. The van der Waals surface area contributed by atoms with E-state index in [4.69, 9.17) is 11.6 Å². The van der Waals surface area contributed by atoms with Crippen molar-refractivity contribution in [1.29, 1.82) is 0 Å². The first-order valence-electron chi connectivity index (χ1n) is 7.44. The van der Waals surface area contributed by atoms with E-state index in [0.29, 0.717) is 23.4 Å². The number of nitrogens with one attached hydrogen (secondary N) is 1. The zero-order valence-electron chi connectivity index (χ0n) is 12.7. The summed E-state index contributed by atoms with van der Waals surface area (Å²) in [7, 11) is 0. The molecule has 0 radical (unpaired) electrons. The molecule has 8 heteroatoms. The van der Waals surface area contributed by atoms with Crippen LogP contribution in [0.1, 0.15) is 23.2 Å². The fourth-order valence-electron chi connectivity index (χ4n) is 2.58. The van der Waals surface area contributed by atoms with Crippen molar-refractivity contribution >= 4 is 35.2 Å². The second-order valence-corrected chi connectivity index (χ2v) is 7.26. The zero-order chi connectivity index (χ0) is 17.2. The van der Waals surface area contributed by atoms with Crippen LogP contribution in [-0.2, 0) is 4.79 Å². The molecule has 1 saturated heterocycles. The van der Waals surface area contributed by atoms with Crippen LogP contribution in [0.5, 0.6) is 0 Å². The molecule has 1 aromatic heterocycles. The number of thioether (sulfide) groups is 1. The highest BCUT2D eigenvalue weighted by molar-refractivity contribution is 7.99. The van der Waals surface area contributed by atoms with Gasteiger partial charge in [0, 0.05) is 11.2 Å². The summed E-state index contributed by atoms with van der Waals surface area (Å²) in [6.07, 6.45) is 3.84. The first kappa shape index (κ1) is 16.9. The summed E-state index contributed by atoms with van der Waals surface area (Å²) in [6.45, 7) is 0. The van der Waals surface area contributed by atoms with Crippen LogP contribution in [0.2, 0.25) is 5.02 Å². The summed E-state index contributed by atoms with van der Waals surface area (Å²) in [5.74, 6) is 0.0264. The topological polar surface area (TPSA) is 84.2 Å². The number of aliphatic carboxylic acids is 1. The van der Waals surface area contributed by atoms with Gasteiger partial charge in [-0.15, -0.1) is 0 Å². The van der Waals surface area contributed by atoms with E-state index in [9.17, 15) is 14.7 Å². The number of rotatable bonds is 4. The Morgan fingerprint density at radius 2 is 1.92 bits per heavy atom.